The second kappa shape index (κ2) is 6.13. The van der Waals surface area contributed by atoms with E-state index >= 15 is 0 Å². The molecule has 0 saturated carbocycles. The van der Waals surface area contributed by atoms with Gasteiger partial charge < -0.3 is 20.1 Å². The van der Waals surface area contributed by atoms with Gasteiger partial charge in [-0.1, -0.05) is 15.9 Å². The Bertz CT molecular complexity index is 522. The summed E-state index contributed by atoms with van der Waals surface area (Å²) in [6.45, 7) is 7.44. The van der Waals surface area contributed by atoms with Gasteiger partial charge in [-0.3, -0.25) is 0 Å². The Morgan fingerprint density at radius 2 is 2.10 bits per heavy atom. The number of carbonyl (C=O) groups excluding carboxylic acids is 1. The summed E-state index contributed by atoms with van der Waals surface area (Å²) in [5.74, 6) is 0.982. The van der Waals surface area contributed by atoms with E-state index in [0.29, 0.717) is 37.1 Å². The number of likely N-dealkylation sites (tertiary alicyclic amines) is 1. The largest absolute Gasteiger partial charge is 0.491 e. The van der Waals surface area contributed by atoms with Crippen molar-refractivity contribution in [1.29, 1.82) is 0 Å². The quantitative estimate of drug-likeness (QED) is 0.844. The summed E-state index contributed by atoms with van der Waals surface area (Å²) in [6, 6.07) is 5.52. The van der Waals surface area contributed by atoms with Crippen molar-refractivity contribution in [2.24, 2.45) is 5.92 Å². The van der Waals surface area contributed by atoms with Gasteiger partial charge in [-0.25, -0.2) is 4.79 Å². The number of rotatable bonds is 3. The molecule has 1 amide bonds. The zero-order valence-electron chi connectivity index (χ0n) is 12.6. The monoisotopic (exact) mass is 356 g/mol. The lowest BCUT2D eigenvalue weighted by molar-refractivity contribution is -0.00777. The second-order valence-electron chi connectivity index (χ2n) is 6.24. The van der Waals surface area contributed by atoms with Gasteiger partial charge in [0, 0.05) is 23.5 Å². The smallest absolute Gasteiger partial charge is 0.410 e. The minimum absolute atomic E-state index is 0.263. The molecule has 0 aromatic heterocycles. The fourth-order valence-corrected chi connectivity index (χ4v) is 2.33. The molecule has 1 heterocycles. The summed E-state index contributed by atoms with van der Waals surface area (Å²) in [7, 11) is 0. The Morgan fingerprint density at radius 1 is 1.43 bits per heavy atom. The van der Waals surface area contributed by atoms with Crippen LogP contribution in [0.5, 0.6) is 5.75 Å². The highest BCUT2D eigenvalue weighted by molar-refractivity contribution is 9.10. The highest BCUT2D eigenvalue weighted by atomic mass is 79.9. The van der Waals surface area contributed by atoms with Gasteiger partial charge in [-0.15, -0.1) is 0 Å². The van der Waals surface area contributed by atoms with E-state index in [-0.39, 0.29) is 6.09 Å². The number of nitrogens with two attached hydrogens (primary N) is 1. The molecule has 0 radical (unpaired) electrons. The van der Waals surface area contributed by atoms with E-state index in [0.717, 1.165) is 4.47 Å². The Labute approximate surface area is 133 Å². The number of hydrogen-bond acceptors (Lipinski definition) is 4. The van der Waals surface area contributed by atoms with E-state index in [4.69, 9.17) is 15.2 Å². The Hall–Kier alpha value is -1.43. The second-order valence-corrected chi connectivity index (χ2v) is 7.16. The van der Waals surface area contributed by atoms with Crippen molar-refractivity contribution < 1.29 is 14.3 Å². The third kappa shape index (κ3) is 4.52. The maximum atomic E-state index is 11.8. The third-order valence-electron chi connectivity index (χ3n) is 3.06. The van der Waals surface area contributed by atoms with Gasteiger partial charge >= 0.3 is 6.09 Å². The first kappa shape index (κ1) is 15.9. The van der Waals surface area contributed by atoms with Crippen LogP contribution in [0.2, 0.25) is 0 Å². The maximum Gasteiger partial charge on any atom is 0.410 e. The van der Waals surface area contributed by atoms with Gasteiger partial charge in [-0.2, -0.15) is 0 Å². The van der Waals surface area contributed by atoms with E-state index in [1.54, 1.807) is 11.0 Å². The van der Waals surface area contributed by atoms with Crippen LogP contribution >= 0.6 is 15.9 Å². The van der Waals surface area contributed by atoms with Crippen molar-refractivity contribution >= 4 is 27.7 Å². The molecular weight excluding hydrogens is 336 g/mol. The number of anilines is 1. The minimum Gasteiger partial charge on any atom is -0.491 e. The summed E-state index contributed by atoms with van der Waals surface area (Å²) in [5, 5.41) is 0. The van der Waals surface area contributed by atoms with E-state index in [1.807, 2.05) is 32.9 Å². The molecular formula is C15H21BrN2O3. The maximum absolute atomic E-state index is 11.8. The van der Waals surface area contributed by atoms with Crippen LogP contribution in [0.3, 0.4) is 0 Å². The predicted molar refractivity (Wildman–Crippen MR) is 85.3 cm³/mol. The average molecular weight is 357 g/mol. The SMILES string of the molecule is CC(C)(C)OC(=O)N1CC(COc2cc(Br)ccc2N)C1. The molecule has 0 atom stereocenters. The van der Waals surface area contributed by atoms with E-state index < -0.39 is 5.60 Å². The van der Waals surface area contributed by atoms with Crippen LogP contribution in [-0.2, 0) is 4.74 Å². The highest BCUT2D eigenvalue weighted by Crippen LogP contribution is 2.27. The van der Waals surface area contributed by atoms with Gasteiger partial charge in [0.15, 0.2) is 0 Å². The average Bonchev–Trinajstić information content (AvgIpc) is 2.29. The standard InChI is InChI=1S/C15H21BrN2O3/c1-15(2,3)21-14(19)18-7-10(8-18)9-20-13-6-11(16)4-5-12(13)17/h4-6,10H,7-9,17H2,1-3H3. The number of ether oxygens (including phenoxy) is 2. The number of carbonyl (C=O) groups is 1. The van der Waals surface area contributed by atoms with E-state index in [9.17, 15) is 4.79 Å². The molecule has 1 aromatic carbocycles. The topological polar surface area (TPSA) is 64.8 Å². The number of halogens is 1. The Balaban J connectivity index is 1.76. The summed E-state index contributed by atoms with van der Waals surface area (Å²) in [5.41, 5.74) is 6.01. The van der Waals surface area contributed by atoms with Crippen LogP contribution in [0.1, 0.15) is 20.8 Å². The first-order valence-electron chi connectivity index (χ1n) is 6.90. The summed E-state index contributed by atoms with van der Waals surface area (Å²) in [4.78, 5) is 13.5. The molecule has 2 rings (SSSR count). The summed E-state index contributed by atoms with van der Waals surface area (Å²) < 4.78 is 12.0. The van der Waals surface area contributed by atoms with Crippen LogP contribution in [-0.4, -0.2) is 36.3 Å². The van der Waals surface area contributed by atoms with Gasteiger partial charge in [-0.05, 0) is 39.0 Å². The molecule has 1 saturated heterocycles. The molecule has 21 heavy (non-hydrogen) atoms. The molecule has 0 bridgehead atoms. The first-order chi connectivity index (χ1) is 9.74. The van der Waals surface area contributed by atoms with E-state index in [1.165, 1.54) is 0 Å². The van der Waals surface area contributed by atoms with Gasteiger partial charge in [0.05, 0.1) is 12.3 Å². The number of amides is 1. The third-order valence-corrected chi connectivity index (χ3v) is 3.55. The van der Waals surface area contributed by atoms with Crippen molar-refractivity contribution in [2.75, 3.05) is 25.4 Å². The van der Waals surface area contributed by atoms with Crippen molar-refractivity contribution in [3.63, 3.8) is 0 Å². The molecule has 1 aromatic rings. The lowest BCUT2D eigenvalue weighted by atomic mass is 10.0. The molecule has 116 valence electrons. The molecule has 2 N–H and O–H groups in total. The minimum atomic E-state index is -0.455. The van der Waals surface area contributed by atoms with Crippen molar-refractivity contribution in [3.8, 4) is 5.75 Å². The number of hydrogen-bond donors (Lipinski definition) is 1. The zero-order chi connectivity index (χ0) is 15.6. The molecule has 0 spiro atoms. The molecule has 1 aliphatic heterocycles. The Kier molecular flexibility index (Phi) is 4.66. The van der Waals surface area contributed by atoms with Crippen LogP contribution < -0.4 is 10.5 Å². The molecule has 0 unspecified atom stereocenters. The van der Waals surface area contributed by atoms with Gasteiger partial charge in [0.1, 0.15) is 11.4 Å². The summed E-state index contributed by atoms with van der Waals surface area (Å²) in [6.07, 6.45) is -0.263. The van der Waals surface area contributed by atoms with Crippen molar-refractivity contribution in [3.05, 3.63) is 22.7 Å². The van der Waals surface area contributed by atoms with Crippen LogP contribution in [0.25, 0.3) is 0 Å². The molecule has 6 heteroatoms. The number of nitrogens with zero attached hydrogens (tertiary/aromatic N) is 1. The fourth-order valence-electron chi connectivity index (χ4n) is 1.99. The molecule has 1 fully saturated rings. The highest BCUT2D eigenvalue weighted by Gasteiger charge is 2.34. The fraction of sp³-hybridized carbons (Fsp3) is 0.533. The van der Waals surface area contributed by atoms with Crippen LogP contribution in [0.4, 0.5) is 10.5 Å². The molecule has 1 aliphatic rings. The lowest BCUT2D eigenvalue weighted by Gasteiger charge is -2.39. The van der Waals surface area contributed by atoms with Crippen molar-refractivity contribution in [2.45, 2.75) is 26.4 Å². The molecule has 5 nitrogen and oxygen atoms in total. The van der Waals surface area contributed by atoms with Gasteiger partial charge in [0.25, 0.3) is 0 Å². The van der Waals surface area contributed by atoms with E-state index in [2.05, 4.69) is 15.9 Å². The number of nitrogen functional groups attached to an aromatic ring is 1. The molecule has 0 aliphatic carbocycles. The first-order valence-corrected chi connectivity index (χ1v) is 7.69. The van der Waals surface area contributed by atoms with Crippen molar-refractivity contribution in [1.82, 2.24) is 4.90 Å². The van der Waals surface area contributed by atoms with Gasteiger partial charge in [0.2, 0.25) is 0 Å². The predicted octanol–water partition coefficient (Wildman–Crippen LogP) is 3.28. The normalized spacial score (nSPS) is 15.5. The van der Waals surface area contributed by atoms with Crippen LogP contribution in [0.15, 0.2) is 22.7 Å². The number of benzene rings is 1. The Morgan fingerprint density at radius 3 is 2.71 bits per heavy atom. The lowest BCUT2D eigenvalue weighted by Crippen LogP contribution is -2.53. The van der Waals surface area contributed by atoms with Crippen LogP contribution in [0, 0.1) is 5.92 Å². The summed E-state index contributed by atoms with van der Waals surface area (Å²) >= 11 is 3.39. The zero-order valence-corrected chi connectivity index (χ0v) is 14.1.